The summed E-state index contributed by atoms with van der Waals surface area (Å²) in [5.74, 6) is -0.0233. The van der Waals surface area contributed by atoms with Crippen molar-refractivity contribution < 1.29 is 4.79 Å². The number of halogens is 1. The summed E-state index contributed by atoms with van der Waals surface area (Å²) in [5.41, 5.74) is 3.55. The van der Waals surface area contributed by atoms with E-state index in [0.29, 0.717) is 12.1 Å². The summed E-state index contributed by atoms with van der Waals surface area (Å²) in [7, 11) is 0. The van der Waals surface area contributed by atoms with E-state index in [2.05, 4.69) is 50.4 Å². The van der Waals surface area contributed by atoms with Gasteiger partial charge < -0.3 is 5.32 Å². The molecule has 0 unspecified atom stereocenters. The van der Waals surface area contributed by atoms with Gasteiger partial charge in [0.05, 0.1) is 5.56 Å². The molecule has 22 heavy (non-hydrogen) atoms. The molecule has 3 nitrogen and oxygen atoms in total. The minimum atomic E-state index is -0.0233. The zero-order valence-electron chi connectivity index (χ0n) is 12.4. The molecular weight excluding hydrogens is 340 g/mol. The van der Waals surface area contributed by atoms with Crippen molar-refractivity contribution in [3.8, 4) is 0 Å². The minimum absolute atomic E-state index is 0.0233. The third-order valence-electron chi connectivity index (χ3n) is 4.04. The molecule has 0 atom stereocenters. The van der Waals surface area contributed by atoms with Gasteiger partial charge in [0.15, 0.2) is 0 Å². The number of carbonyl (C=O) groups excluding carboxylic acids is 1. The number of nitrogens with zero attached hydrogens (tertiary/aromatic N) is 1. The lowest BCUT2D eigenvalue weighted by Crippen LogP contribution is -2.37. The van der Waals surface area contributed by atoms with Gasteiger partial charge in [-0.25, -0.2) is 0 Å². The Labute approximate surface area is 139 Å². The van der Waals surface area contributed by atoms with Gasteiger partial charge in [0.2, 0.25) is 0 Å². The first kappa shape index (κ1) is 15.3. The maximum Gasteiger partial charge on any atom is 0.252 e. The monoisotopic (exact) mass is 358 g/mol. The highest BCUT2D eigenvalue weighted by molar-refractivity contribution is 9.10. The van der Waals surface area contributed by atoms with Crippen molar-refractivity contribution in [3.05, 3.63) is 69.7 Å². The Morgan fingerprint density at radius 3 is 2.64 bits per heavy atom. The van der Waals surface area contributed by atoms with Crippen LogP contribution in [0.15, 0.2) is 53.0 Å². The molecule has 0 saturated heterocycles. The van der Waals surface area contributed by atoms with Crippen LogP contribution in [0.1, 0.15) is 21.5 Å². The van der Waals surface area contributed by atoms with Crippen LogP contribution in [0.5, 0.6) is 0 Å². The highest BCUT2D eigenvalue weighted by atomic mass is 79.9. The zero-order valence-corrected chi connectivity index (χ0v) is 14.0. The normalized spacial score (nSPS) is 14.4. The van der Waals surface area contributed by atoms with E-state index in [0.717, 1.165) is 30.5 Å². The van der Waals surface area contributed by atoms with Crippen molar-refractivity contribution in [1.29, 1.82) is 0 Å². The van der Waals surface area contributed by atoms with Gasteiger partial charge in [-0.1, -0.05) is 36.4 Å². The second kappa shape index (κ2) is 7.07. The van der Waals surface area contributed by atoms with Gasteiger partial charge in [-0.3, -0.25) is 9.69 Å². The lowest BCUT2D eigenvalue weighted by Gasteiger charge is -2.28. The fraction of sp³-hybridized carbons (Fsp3) is 0.278. The number of amides is 1. The molecular formula is C18H19BrN2O. The molecule has 1 N–H and O–H groups in total. The third-order valence-corrected chi connectivity index (χ3v) is 4.73. The number of fused-ring (bicyclic) bond motifs is 1. The van der Waals surface area contributed by atoms with Crippen molar-refractivity contribution >= 4 is 21.8 Å². The second-order valence-electron chi connectivity index (χ2n) is 5.53. The van der Waals surface area contributed by atoms with Gasteiger partial charge >= 0.3 is 0 Å². The predicted octanol–water partition coefficient (Wildman–Crippen LogP) is 3.24. The van der Waals surface area contributed by atoms with Crippen molar-refractivity contribution in [2.24, 2.45) is 0 Å². The zero-order chi connectivity index (χ0) is 15.4. The molecule has 1 aliphatic rings. The molecule has 0 fully saturated rings. The van der Waals surface area contributed by atoms with E-state index in [1.165, 1.54) is 11.1 Å². The molecule has 1 amide bonds. The lowest BCUT2D eigenvalue weighted by molar-refractivity contribution is 0.0946. The molecule has 3 rings (SSSR count). The Bertz CT molecular complexity index is 672. The lowest BCUT2D eigenvalue weighted by atomic mass is 10.00. The highest BCUT2D eigenvalue weighted by Crippen LogP contribution is 2.18. The fourth-order valence-electron chi connectivity index (χ4n) is 2.81. The van der Waals surface area contributed by atoms with Gasteiger partial charge in [-0.05, 0) is 45.6 Å². The summed E-state index contributed by atoms with van der Waals surface area (Å²) in [4.78, 5) is 14.5. The smallest absolute Gasteiger partial charge is 0.252 e. The van der Waals surface area contributed by atoms with Gasteiger partial charge in [-0.15, -0.1) is 0 Å². The average molecular weight is 359 g/mol. The van der Waals surface area contributed by atoms with Gasteiger partial charge in [0.25, 0.3) is 5.91 Å². The topological polar surface area (TPSA) is 32.3 Å². The SMILES string of the molecule is O=C(NCCN1CCc2ccccc2C1)c1ccccc1Br. The van der Waals surface area contributed by atoms with Gasteiger partial charge in [0, 0.05) is 30.7 Å². The summed E-state index contributed by atoms with van der Waals surface area (Å²) in [6.45, 7) is 3.58. The van der Waals surface area contributed by atoms with Crippen molar-refractivity contribution in [2.75, 3.05) is 19.6 Å². The molecule has 1 heterocycles. The molecule has 114 valence electrons. The molecule has 4 heteroatoms. The molecule has 0 radical (unpaired) electrons. The van der Waals surface area contributed by atoms with E-state index in [-0.39, 0.29) is 5.91 Å². The first-order valence-electron chi connectivity index (χ1n) is 7.56. The summed E-state index contributed by atoms with van der Waals surface area (Å²) in [5, 5.41) is 3.00. The third kappa shape index (κ3) is 3.57. The van der Waals surface area contributed by atoms with Crippen LogP contribution < -0.4 is 5.32 Å². The molecule has 0 aromatic heterocycles. The Hall–Kier alpha value is -1.65. The number of nitrogens with one attached hydrogen (secondary N) is 1. The fourth-order valence-corrected chi connectivity index (χ4v) is 3.28. The summed E-state index contributed by atoms with van der Waals surface area (Å²) < 4.78 is 0.833. The second-order valence-corrected chi connectivity index (χ2v) is 6.38. The maximum atomic E-state index is 12.1. The van der Waals surface area contributed by atoms with Crippen LogP contribution >= 0.6 is 15.9 Å². The summed E-state index contributed by atoms with van der Waals surface area (Å²) >= 11 is 3.41. The quantitative estimate of drug-likeness (QED) is 0.909. The molecule has 0 aliphatic carbocycles. The van der Waals surface area contributed by atoms with Crippen LogP contribution in [-0.2, 0) is 13.0 Å². The van der Waals surface area contributed by atoms with Crippen molar-refractivity contribution in [3.63, 3.8) is 0 Å². The Morgan fingerprint density at radius 2 is 1.82 bits per heavy atom. The van der Waals surface area contributed by atoms with Crippen LogP contribution in [0, 0.1) is 0 Å². The first-order chi connectivity index (χ1) is 10.7. The molecule has 0 spiro atoms. The van der Waals surface area contributed by atoms with Gasteiger partial charge in [0.1, 0.15) is 0 Å². The summed E-state index contributed by atoms with van der Waals surface area (Å²) in [6, 6.07) is 16.1. The van der Waals surface area contributed by atoms with Crippen LogP contribution in [0.3, 0.4) is 0 Å². The van der Waals surface area contributed by atoms with Crippen molar-refractivity contribution in [1.82, 2.24) is 10.2 Å². The van der Waals surface area contributed by atoms with E-state index in [1.54, 1.807) is 0 Å². The molecule has 2 aromatic carbocycles. The Balaban J connectivity index is 1.50. The van der Waals surface area contributed by atoms with E-state index in [4.69, 9.17) is 0 Å². The molecule has 0 bridgehead atoms. The van der Waals surface area contributed by atoms with Crippen LogP contribution in [-0.4, -0.2) is 30.4 Å². The number of hydrogen-bond acceptors (Lipinski definition) is 2. The largest absolute Gasteiger partial charge is 0.351 e. The number of rotatable bonds is 4. The minimum Gasteiger partial charge on any atom is -0.351 e. The number of hydrogen-bond donors (Lipinski definition) is 1. The van der Waals surface area contributed by atoms with E-state index in [9.17, 15) is 4.79 Å². The van der Waals surface area contributed by atoms with E-state index < -0.39 is 0 Å². The molecule has 0 saturated carbocycles. The maximum absolute atomic E-state index is 12.1. The molecule has 1 aliphatic heterocycles. The van der Waals surface area contributed by atoms with E-state index >= 15 is 0 Å². The number of carbonyl (C=O) groups is 1. The Kier molecular flexibility index (Phi) is 4.90. The van der Waals surface area contributed by atoms with Crippen molar-refractivity contribution in [2.45, 2.75) is 13.0 Å². The average Bonchev–Trinajstić information content (AvgIpc) is 2.55. The van der Waals surface area contributed by atoms with Crippen LogP contribution in [0.2, 0.25) is 0 Å². The highest BCUT2D eigenvalue weighted by Gasteiger charge is 2.15. The van der Waals surface area contributed by atoms with Crippen LogP contribution in [0.4, 0.5) is 0 Å². The number of benzene rings is 2. The first-order valence-corrected chi connectivity index (χ1v) is 8.35. The molecule has 2 aromatic rings. The van der Waals surface area contributed by atoms with Gasteiger partial charge in [-0.2, -0.15) is 0 Å². The summed E-state index contributed by atoms with van der Waals surface area (Å²) in [6.07, 6.45) is 1.09. The standard InChI is InChI=1S/C18H19BrN2O/c19-17-8-4-3-7-16(17)18(22)20-10-12-21-11-9-14-5-1-2-6-15(14)13-21/h1-8H,9-13H2,(H,20,22). The van der Waals surface area contributed by atoms with Crippen LogP contribution in [0.25, 0.3) is 0 Å². The predicted molar refractivity (Wildman–Crippen MR) is 91.9 cm³/mol. The Morgan fingerprint density at radius 1 is 1.09 bits per heavy atom. The van der Waals surface area contributed by atoms with E-state index in [1.807, 2.05) is 24.3 Å².